The fourth-order valence-corrected chi connectivity index (χ4v) is 2.59. The number of hydrogen-bond donors (Lipinski definition) is 1. The molecule has 1 N–H and O–H groups in total. The molecule has 0 aliphatic rings. The summed E-state index contributed by atoms with van der Waals surface area (Å²) in [6.07, 6.45) is 9.87. The van der Waals surface area contributed by atoms with E-state index in [0.717, 1.165) is 18.4 Å². The third-order valence-corrected chi connectivity index (χ3v) is 4.16. The van der Waals surface area contributed by atoms with Gasteiger partial charge in [0.2, 0.25) is 0 Å². The molecule has 0 aromatic heterocycles. The Hall–Kier alpha value is -0.351. The number of aryl methyl sites for hydroxylation is 1. The van der Waals surface area contributed by atoms with Crippen molar-refractivity contribution in [3.8, 4) is 0 Å². The first-order valence-electron chi connectivity index (χ1n) is 7.10. The second kappa shape index (κ2) is 10.4. The van der Waals surface area contributed by atoms with Gasteiger partial charge in [-0.1, -0.05) is 57.6 Å². The van der Waals surface area contributed by atoms with Crippen LogP contribution in [0.15, 0.2) is 29.2 Å². The average molecular weight is 348 g/mol. The van der Waals surface area contributed by atoms with Gasteiger partial charge in [-0.15, -0.1) is 0 Å². The molecule has 0 saturated carbocycles. The topological polar surface area (TPSA) is 54.4 Å². The van der Waals surface area contributed by atoms with E-state index in [0.29, 0.717) is 0 Å². The molecule has 1 aromatic carbocycles. The molecule has 1 rings (SSSR count). The van der Waals surface area contributed by atoms with Crippen molar-refractivity contribution in [3.63, 3.8) is 0 Å². The van der Waals surface area contributed by atoms with E-state index in [2.05, 4.69) is 6.92 Å². The molecule has 119 valence electrons. The molecular formula is C15H24CuO3S. The minimum Gasteiger partial charge on any atom is -0.282 e. The monoisotopic (exact) mass is 347 g/mol. The first-order chi connectivity index (χ1) is 9.04. The molecule has 20 heavy (non-hydrogen) atoms. The smallest absolute Gasteiger partial charge is 0.282 e. The summed E-state index contributed by atoms with van der Waals surface area (Å²) in [6, 6.07) is 6.48. The van der Waals surface area contributed by atoms with Crippen LogP contribution in [0, 0.1) is 0 Å². The Bertz CT molecular complexity index is 455. The van der Waals surface area contributed by atoms with Crippen molar-refractivity contribution in [1.29, 1.82) is 0 Å². The molecule has 0 atom stereocenters. The summed E-state index contributed by atoms with van der Waals surface area (Å²) < 4.78 is 30.6. The van der Waals surface area contributed by atoms with Crippen LogP contribution in [0.1, 0.15) is 57.4 Å². The maximum atomic E-state index is 10.9. The van der Waals surface area contributed by atoms with Gasteiger partial charge in [0.1, 0.15) is 0 Å². The fraction of sp³-hybridized carbons (Fsp3) is 0.600. The van der Waals surface area contributed by atoms with E-state index >= 15 is 0 Å². The van der Waals surface area contributed by atoms with Crippen LogP contribution in [0.25, 0.3) is 0 Å². The standard InChI is InChI=1S/C15H24O3S.Cu/c1-2-3-4-5-6-7-8-9-14-10-12-15(13-11-14)19(16,17)18;/h10-13H,2-9H2,1H3,(H,16,17,18);. The van der Waals surface area contributed by atoms with Crippen LogP contribution in [0.3, 0.4) is 0 Å². The van der Waals surface area contributed by atoms with Crippen molar-refractivity contribution in [2.45, 2.75) is 63.2 Å². The third kappa shape index (κ3) is 8.05. The molecule has 0 unspecified atom stereocenters. The van der Waals surface area contributed by atoms with Gasteiger partial charge in [-0.05, 0) is 30.5 Å². The molecule has 0 heterocycles. The molecule has 0 aliphatic heterocycles. The second-order valence-electron chi connectivity index (χ2n) is 4.99. The van der Waals surface area contributed by atoms with Gasteiger partial charge in [0, 0.05) is 17.1 Å². The van der Waals surface area contributed by atoms with Gasteiger partial charge in [0.25, 0.3) is 10.1 Å². The van der Waals surface area contributed by atoms with E-state index < -0.39 is 10.1 Å². The van der Waals surface area contributed by atoms with Crippen LogP contribution in [-0.2, 0) is 33.6 Å². The Morgan fingerprint density at radius 1 is 0.900 bits per heavy atom. The van der Waals surface area contributed by atoms with Gasteiger partial charge in [0.15, 0.2) is 0 Å². The normalized spacial score (nSPS) is 11.1. The number of unbranched alkanes of at least 4 members (excludes halogenated alkanes) is 6. The average Bonchev–Trinajstić information content (AvgIpc) is 2.37. The van der Waals surface area contributed by atoms with E-state index in [1.54, 1.807) is 12.1 Å². The van der Waals surface area contributed by atoms with Crippen LogP contribution < -0.4 is 0 Å². The largest absolute Gasteiger partial charge is 0.294 e. The maximum absolute atomic E-state index is 10.9. The molecule has 0 bridgehead atoms. The van der Waals surface area contributed by atoms with Crippen molar-refractivity contribution in [3.05, 3.63) is 29.8 Å². The summed E-state index contributed by atoms with van der Waals surface area (Å²) in [5.74, 6) is 0. The van der Waals surface area contributed by atoms with Gasteiger partial charge in [-0.3, -0.25) is 4.55 Å². The van der Waals surface area contributed by atoms with Gasteiger partial charge < -0.3 is 0 Å². The molecular weight excluding hydrogens is 324 g/mol. The summed E-state index contributed by atoms with van der Waals surface area (Å²) in [4.78, 5) is -0.0317. The van der Waals surface area contributed by atoms with Crippen molar-refractivity contribution in [2.75, 3.05) is 0 Å². The molecule has 5 heteroatoms. The van der Waals surface area contributed by atoms with E-state index in [9.17, 15) is 8.42 Å². The predicted molar refractivity (Wildman–Crippen MR) is 78.0 cm³/mol. The Kier molecular flexibility index (Phi) is 10.2. The molecule has 3 nitrogen and oxygen atoms in total. The number of benzene rings is 1. The zero-order valence-corrected chi connectivity index (χ0v) is 13.7. The molecule has 0 saturated heterocycles. The van der Waals surface area contributed by atoms with Gasteiger partial charge >= 0.3 is 0 Å². The fourth-order valence-electron chi connectivity index (χ4n) is 2.11. The zero-order chi connectivity index (χ0) is 14.1. The molecule has 1 radical (unpaired) electrons. The summed E-state index contributed by atoms with van der Waals surface area (Å²) in [5.41, 5.74) is 1.13. The summed E-state index contributed by atoms with van der Waals surface area (Å²) in [7, 11) is -4.06. The van der Waals surface area contributed by atoms with Crippen molar-refractivity contribution in [2.24, 2.45) is 0 Å². The quantitative estimate of drug-likeness (QED) is 0.413. The van der Waals surface area contributed by atoms with Crippen molar-refractivity contribution in [1.82, 2.24) is 0 Å². The van der Waals surface area contributed by atoms with Gasteiger partial charge in [0.05, 0.1) is 4.90 Å². The minimum atomic E-state index is -4.06. The third-order valence-electron chi connectivity index (χ3n) is 3.29. The molecule has 0 fully saturated rings. The summed E-state index contributed by atoms with van der Waals surface area (Å²) in [6.45, 7) is 2.22. The first-order valence-corrected chi connectivity index (χ1v) is 8.54. The van der Waals surface area contributed by atoms with Crippen molar-refractivity contribution < 1.29 is 30.0 Å². The Morgan fingerprint density at radius 3 is 1.90 bits per heavy atom. The minimum absolute atomic E-state index is 0. The van der Waals surface area contributed by atoms with Crippen LogP contribution in [0.4, 0.5) is 0 Å². The Labute approximate surface area is 133 Å². The van der Waals surface area contributed by atoms with E-state index in [-0.39, 0.29) is 22.0 Å². The first kappa shape index (κ1) is 19.6. The van der Waals surface area contributed by atoms with E-state index in [1.165, 1.54) is 50.7 Å². The Morgan fingerprint density at radius 2 is 1.40 bits per heavy atom. The van der Waals surface area contributed by atoms with E-state index in [4.69, 9.17) is 4.55 Å². The number of hydrogen-bond acceptors (Lipinski definition) is 2. The van der Waals surface area contributed by atoms with Crippen LogP contribution in [0.5, 0.6) is 0 Å². The van der Waals surface area contributed by atoms with Gasteiger partial charge in [-0.25, -0.2) is 0 Å². The van der Waals surface area contributed by atoms with Crippen LogP contribution >= 0.6 is 0 Å². The summed E-state index contributed by atoms with van der Waals surface area (Å²) in [5, 5.41) is 0. The summed E-state index contributed by atoms with van der Waals surface area (Å²) >= 11 is 0. The van der Waals surface area contributed by atoms with Gasteiger partial charge in [-0.2, -0.15) is 8.42 Å². The zero-order valence-electron chi connectivity index (χ0n) is 11.9. The van der Waals surface area contributed by atoms with E-state index in [1.807, 2.05) is 0 Å². The van der Waals surface area contributed by atoms with Crippen LogP contribution in [0.2, 0.25) is 0 Å². The number of rotatable bonds is 9. The maximum Gasteiger partial charge on any atom is 0.294 e. The van der Waals surface area contributed by atoms with Crippen LogP contribution in [-0.4, -0.2) is 13.0 Å². The molecule has 0 spiro atoms. The molecule has 0 aliphatic carbocycles. The molecule has 0 amide bonds. The second-order valence-corrected chi connectivity index (χ2v) is 6.41. The van der Waals surface area contributed by atoms with Crippen molar-refractivity contribution >= 4 is 10.1 Å². The Balaban J connectivity index is 0.00000361. The predicted octanol–water partition coefficient (Wildman–Crippen LogP) is 4.22. The molecule has 1 aromatic rings. The SMILES string of the molecule is CCCCCCCCCc1ccc(S(=O)(=O)O)cc1.[Cu].